The molecule has 68 valence electrons. The minimum absolute atomic E-state index is 0.0185. The van der Waals surface area contributed by atoms with Crippen molar-refractivity contribution in [3.8, 4) is 6.07 Å². The van der Waals surface area contributed by atoms with Gasteiger partial charge in [-0.2, -0.15) is 5.26 Å². The van der Waals surface area contributed by atoms with E-state index >= 15 is 0 Å². The minimum Gasteiger partial charge on any atom is -0.265 e. The Balaban J connectivity index is 2.90. The highest BCUT2D eigenvalue weighted by Crippen LogP contribution is 2.09. The molecule has 0 aromatic carbocycles. The topological polar surface area (TPSA) is 70.8 Å². The SMILES string of the molecule is N#CCCS(=O)(=O)c1ccncc1. The molecule has 0 saturated carbocycles. The van der Waals surface area contributed by atoms with Crippen molar-refractivity contribution >= 4 is 9.84 Å². The summed E-state index contributed by atoms with van der Waals surface area (Å²) in [6, 6.07) is 4.65. The van der Waals surface area contributed by atoms with Crippen molar-refractivity contribution in [2.24, 2.45) is 0 Å². The molecule has 4 nitrogen and oxygen atoms in total. The third-order valence-corrected chi connectivity index (χ3v) is 3.22. The number of hydrogen-bond acceptors (Lipinski definition) is 4. The molecule has 13 heavy (non-hydrogen) atoms. The van der Waals surface area contributed by atoms with Gasteiger partial charge in [-0.3, -0.25) is 4.98 Å². The maximum Gasteiger partial charge on any atom is 0.179 e. The number of rotatable bonds is 3. The largest absolute Gasteiger partial charge is 0.265 e. The smallest absolute Gasteiger partial charge is 0.179 e. The van der Waals surface area contributed by atoms with Gasteiger partial charge in [0.25, 0.3) is 0 Å². The molecule has 1 aromatic heterocycles. The molecule has 0 radical (unpaired) electrons. The van der Waals surface area contributed by atoms with E-state index in [0.29, 0.717) is 0 Å². The number of pyridine rings is 1. The van der Waals surface area contributed by atoms with Crippen LogP contribution >= 0.6 is 0 Å². The maximum atomic E-state index is 11.4. The van der Waals surface area contributed by atoms with E-state index in [2.05, 4.69) is 4.98 Å². The summed E-state index contributed by atoms with van der Waals surface area (Å²) in [4.78, 5) is 3.93. The van der Waals surface area contributed by atoms with Crippen LogP contribution in [0.1, 0.15) is 6.42 Å². The van der Waals surface area contributed by atoms with Crippen LogP contribution in [0.3, 0.4) is 0 Å². The Morgan fingerprint density at radius 3 is 2.54 bits per heavy atom. The average molecular weight is 196 g/mol. The summed E-state index contributed by atoms with van der Waals surface area (Å²) in [5.74, 6) is -0.131. The van der Waals surface area contributed by atoms with Crippen molar-refractivity contribution < 1.29 is 8.42 Å². The third kappa shape index (κ3) is 2.53. The lowest BCUT2D eigenvalue weighted by Gasteiger charge is -1.99. The molecular weight excluding hydrogens is 188 g/mol. The van der Waals surface area contributed by atoms with Crippen molar-refractivity contribution in [2.45, 2.75) is 11.3 Å². The van der Waals surface area contributed by atoms with Crippen LogP contribution in [0, 0.1) is 11.3 Å². The van der Waals surface area contributed by atoms with Crippen molar-refractivity contribution in [1.29, 1.82) is 5.26 Å². The molecule has 0 unspecified atom stereocenters. The lowest BCUT2D eigenvalue weighted by atomic mass is 10.5. The quantitative estimate of drug-likeness (QED) is 0.715. The molecule has 1 heterocycles. The zero-order valence-electron chi connectivity index (χ0n) is 6.84. The van der Waals surface area contributed by atoms with Gasteiger partial charge in [0.2, 0.25) is 0 Å². The van der Waals surface area contributed by atoms with Gasteiger partial charge in [0, 0.05) is 18.8 Å². The fraction of sp³-hybridized carbons (Fsp3) is 0.250. The molecule has 0 amide bonds. The van der Waals surface area contributed by atoms with E-state index in [1.807, 2.05) is 0 Å². The summed E-state index contributed by atoms with van der Waals surface area (Å²) in [5.41, 5.74) is 0. The van der Waals surface area contributed by atoms with Crippen LogP contribution in [-0.4, -0.2) is 19.2 Å². The molecule has 0 atom stereocenters. The van der Waals surface area contributed by atoms with Gasteiger partial charge in [0.15, 0.2) is 9.84 Å². The first-order valence-electron chi connectivity index (χ1n) is 3.66. The standard InChI is InChI=1S/C8H8N2O2S/c9-4-1-7-13(11,12)8-2-5-10-6-3-8/h2-3,5-6H,1,7H2. The highest BCUT2D eigenvalue weighted by molar-refractivity contribution is 7.91. The molecule has 0 spiro atoms. The summed E-state index contributed by atoms with van der Waals surface area (Å²) < 4.78 is 22.8. The predicted octanol–water partition coefficient (Wildman–Crippen LogP) is 0.769. The molecule has 0 aliphatic rings. The van der Waals surface area contributed by atoms with Gasteiger partial charge in [0.05, 0.1) is 16.7 Å². The van der Waals surface area contributed by atoms with E-state index in [9.17, 15) is 8.42 Å². The first-order chi connectivity index (χ1) is 6.17. The molecule has 1 rings (SSSR count). The molecule has 0 saturated heterocycles. The van der Waals surface area contributed by atoms with Crippen molar-refractivity contribution in [1.82, 2.24) is 4.98 Å². The van der Waals surface area contributed by atoms with Crippen LogP contribution < -0.4 is 0 Å². The van der Waals surface area contributed by atoms with Crippen LogP contribution in [0.4, 0.5) is 0 Å². The second-order valence-electron chi connectivity index (χ2n) is 2.41. The van der Waals surface area contributed by atoms with E-state index in [-0.39, 0.29) is 17.1 Å². The van der Waals surface area contributed by atoms with Gasteiger partial charge in [-0.25, -0.2) is 8.42 Å². The van der Waals surface area contributed by atoms with E-state index in [0.717, 1.165) is 0 Å². The zero-order chi connectivity index (χ0) is 9.73. The molecule has 0 N–H and O–H groups in total. The van der Waals surface area contributed by atoms with Crippen molar-refractivity contribution in [3.05, 3.63) is 24.5 Å². The number of nitrogens with zero attached hydrogens (tertiary/aromatic N) is 2. The number of aromatic nitrogens is 1. The number of nitriles is 1. The second-order valence-corrected chi connectivity index (χ2v) is 4.52. The molecule has 0 bridgehead atoms. The Bertz CT molecular complexity index is 406. The fourth-order valence-corrected chi connectivity index (χ4v) is 1.98. The van der Waals surface area contributed by atoms with Gasteiger partial charge >= 0.3 is 0 Å². The molecule has 0 aliphatic carbocycles. The van der Waals surface area contributed by atoms with E-state index in [1.54, 1.807) is 6.07 Å². The first kappa shape index (κ1) is 9.68. The lowest BCUT2D eigenvalue weighted by Crippen LogP contribution is -2.05. The van der Waals surface area contributed by atoms with Crippen LogP contribution in [0.25, 0.3) is 0 Å². The summed E-state index contributed by atoms with van der Waals surface area (Å²) in [5, 5.41) is 8.25. The third-order valence-electron chi connectivity index (χ3n) is 1.49. The van der Waals surface area contributed by atoms with Crippen LogP contribution in [0.5, 0.6) is 0 Å². The Labute approximate surface area is 76.8 Å². The Hall–Kier alpha value is -1.41. The van der Waals surface area contributed by atoms with E-state index in [1.165, 1.54) is 24.5 Å². The van der Waals surface area contributed by atoms with Gasteiger partial charge in [-0.15, -0.1) is 0 Å². The molecular formula is C8H8N2O2S. The van der Waals surface area contributed by atoms with Gasteiger partial charge < -0.3 is 0 Å². The van der Waals surface area contributed by atoms with Crippen LogP contribution in [0.15, 0.2) is 29.4 Å². The van der Waals surface area contributed by atoms with E-state index < -0.39 is 9.84 Å². The maximum absolute atomic E-state index is 11.4. The normalized spacial score (nSPS) is 10.7. The number of sulfone groups is 1. The molecule has 5 heteroatoms. The fourth-order valence-electron chi connectivity index (χ4n) is 0.843. The molecule has 0 fully saturated rings. The number of hydrogen-bond donors (Lipinski definition) is 0. The lowest BCUT2D eigenvalue weighted by molar-refractivity contribution is 0.596. The summed E-state index contributed by atoms with van der Waals surface area (Å²) in [6.45, 7) is 0. The minimum atomic E-state index is -3.28. The van der Waals surface area contributed by atoms with Crippen molar-refractivity contribution in [3.63, 3.8) is 0 Å². The Morgan fingerprint density at radius 1 is 1.38 bits per heavy atom. The Kier molecular flexibility index (Phi) is 2.98. The predicted molar refractivity (Wildman–Crippen MR) is 46.5 cm³/mol. The molecule has 1 aromatic rings. The van der Waals surface area contributed by atoms with Gasteiger partial charge in [0.1, 0.15) is 0 Å². The second kappa shape index (κ2) is 4.01. The van der Waals surface area contributed by atoms with Crippen molar-refractivity contribution in [2.75, 3.05) is 5.75 Å². The first-order valence-corrected chi connectivity index (χ1v) is 5.32. The van der Waals surface area contributed by atoms with Crippen LogP contribution in [-0.2, 0) is 9.84 Å². The summed E-state index contributed by atoms with van der Waals surface area (Å²) in [7, 11) is -3.28. The Morgan fingerprint density at radius 2 is 2.00 bits per heavy atom. The monoisotopic (exact) mass is 196 g/mol. The van der Waals surface area contributed by atoms with Gasteiger partial charge in [-0.1, -0.05) is 0 Å². The van der Waals surface area contributed by atoms with E-state index in [4.69, 9.17) is 5.26 Å². The summed E-state index contributed by atoms with van der Waals surface area (Å²) in [6.07, 6.45) is 2.85. The molecule has 0 aliphatic heterocycles. The highest BCUT2D eigenvalue weighted by Gasteiger charge is 2.12. The summed E-state index contributed by atoms with van der Waals surface area (Å²) >= 11 is 0. The zero-order valence-corrected chi connectivity index (χ0v) is 7.66. The average Bonchev–Trinajstić information content (AvgIpc) is 2.16. The van der Waals surface area contributed by atoms with Gasteiger partial charge in [-0.05, 0) is 12.1 Å². The van der Waals surface area contributed by atoms with Crippen LogP contribution in [0.2, 0.25) is 0 Å². The highest BCUT2D eigenvalue weighted by atomic mass is 32.2.